The summed E-state index contributed by atoms with van der Waals surface area (Å²) in [7, 11) is 0. The second-order valence-electron chi connectivity index (χ2n) is 16.1. The van der Waals surface area contributed by atoms with Gasteiger partial charge in [-0.1, -0.05) is 239 Å². The Morgan fingerprint density at radius 2 is 0.479 bits per heavy atom. The van der Waals surface area contributed by atoms with Crippen molar-refractivity contribution >= 4 is 0 Å². The van der Waals surface area contributed by atoms with E-state index in [0.29, 0.717) is 6.17 Å². The molecule has 0 aromatic rings. The van der Waals surface area contributed by atoms with Gasteiger partial charge in [0, 0.05) is 25.5 Å². The molecule has 0 saturated carbocycles. The van der Waals surface area contributed by atoms with E-state index in [1.165, 1.54) is 257 Å². The second kappa shape index (κ2) is 37.6. The molecule has 0 spiro atoms. The van der Waals surface area contributed by atoms with Crippen LogP contribution >= 0.6 is 0 Å². The molecule has 2 nitrogen and oxygen atoms in total. The third kappa shape index (κ3) is 29.1. The van der Waals surface area contributed by atoms with Gasteiger partial charge in [0.1, 0.15) is 6.17 Å². The summed E-state index contributed by atoms with van der Waals surface area (Å²) < 4.78 is 0. The lowest BCUT2D eigenvalue weighted by atomic mass is 10.0. The van der Waals surface area contributed by atoms with Crippen LogP contribution in [-0.4, -0.2) is 29.1 Å². The first kappa shape index (κ1) is 45.4. The predicted octanol–water partition coefficient (Wildman–Crippen LogP) is 16.3. The summed E-state index contributed by atoms with van der Waals surface area (Å²) in [5, 5.41) is 0. The monoisotopic (exact) mass is 673 g/mol. The van der Waals surface area contributed by atoms with Crippen molar-refractivity contribution in [2.45, 2.75) is 271 Å². The standard InChI is InChI=1S/C46H92N2/c1-4-7-10-13-16-19-22-23-24-25-26-27-28-31-34-37-40-43-48-45-44-47(42-39-36-33-30-21-18-15-12-9-6-3)46(48)41-38-35-32-29-20-17-14-11-8-5-2/h44-46H,4-43H2,1-3H3. The van der Waals surface area contributed by atoms with Crippen LogP contribution in [0.25, 0.3) is 0 Å². The summed E-state index contributed by atoms with van der Waals surface area (Å²) in [5.41, 5.74) is 0. The van der Waals surface area contributed by atoms with E-state index in [-0.39, 0.29) is 0 Å². The Bertz CT molecular complexity index is 630. The van der Waals surface area contributed by atoms with Crippen LogP contribution in [0.3, 0.4) is 0 Å². The second-order valence-corrected chi connectivity index (χ2v) is 16.1. The third-order valence-electron chi connectivity index (χ3n) is 11.3. The molecule has 48 heavy (non-hydrogen) atoms. The summed E-state index contributed by atoms with van der Waals surface area (Å²) in [6.45, 7) is 9.49. The van der Waals surface area contributed by atoms with Crippen molar-refractivity contribution in [3.63, 3.8) is 0 Å². The highest BCUT2D eigenvalue weighted by molar-refractivity contribution is 4.97. The van der Waals surface area contributed by atoms with E-state index < -0.39 is 0 Å². The number of unbranched alkanes of at least 4 members (excludes halogenated alkanes) is 34. The average Bonchev–Trinajstić information content (AvgIpc) is 3.48. The van der Waals surface area contributed by atoms with E-state index in [9.17, 15) is 0 Å². The predicted molar refractivity (Wildman–Crippen MR) is 219 cm³/mol. The van der Waals surface area contributed by atoms with Gasteiger partial charge in [-0.25, -0.2) is 0 Å². The van der Waals surface area contributed by atoms with Gasteiger partial charge in [-0.3, -0.25) is 0 Å². The molecular formula is C46H92N2. The van der Waals surface area contributed by atoms with Crippen LogP contribution in [0.4, 0.5) is 0 Å². The fourth-order valence-electron chi connectivity index (χ4n) is 7.95. The van der Waals surface area contributed by atoms with Gasteiger partial charge < -0.3 is 9.80 Å². The highest BCUT2D eigenvalue weighted by Crippen LogP contribution is 2.24. The summed E-state index contributed by atoms with van der Waals surface area (Å²) in [6, 6.07) is 0. The molecule has 0 radical (unpaired) electrons. The Kier molecular flexibility index (Phi) is 35.5. The van der Waals surface area contributed by atoms with Gasteiger partial charge in [-0.15, -0.1) is 0 Å². The molecule has 1 aliphatic heterocycles. The van der Waals surface area contributed by atoms with Crippen LogP contribution in [0.2, 0.25) is 0 Å². The molecule has 1 unspecified atom stereocenters. The van der Waals surface area contributed by atoms with Crippen LogP contribution in [0.5, 0.6) is 0 Å². The van der Waals surface area contributed by atoms with Crippen molar-refractivity contribution < 1.29 is 0 Å². The molecule has 0 N–H and O–H groups in total. The van der Waals surface area contributed by atoms with Crippen LogP contribution in [0, 0.1) is 0 Å². The highest BCUT2D eigenvalue weighted by Gasteiger charge is 2.24. The maximum Gasteiger partial charge on any atom is 0.101 e. The molecule has 1 heterocycles. The molecule has 1 aliphatic rings. The molecule has 0 aromatic heterocycles. The fraction of sp³-hybridized carbons (Fsp3) is 0.957. The molecule has 0 bridgehead atoms. The molecule has 1 rings (SSSR count). The van der Waals surface area contributed by atoms with Crippen molar-refractivity contribution in [2.24, 2.45) is 0 Å². The highest BCUT2D eigenvalue weighted by atomic mass is 15.4. The minimum Gasteiger partial charge on any atom is -0.356 e. The number of nitrogens with zero attached hydrogens (tertiary/aromatic N) is 2. The molecule has 0 fully saturated rings. The van der Waals surface area contributed by atoms with E-state index in [1.807, 2.05) is 0 Å². The Morgan fingerprint density at radius 1 is 0.271 bits per heavy atom. The van der Waals surface area contributed by atoms with E-state index in [0.717, 1.165) is 0 Å². The van der Waals surface area contributed by atoms with Crippen molar-refractivity contribution in [3.05, 3.63) is 12.4 Å². The molecule has 0 amide bonds. The first-order valence-electron chi connectivity index (χ1n) is 23.0. The van der Waals surface area contributed by atoms with Crippen molar-refractivity contribution in [3.8, 4) is 0 Å². The quantitative estimate of drug-likeness (QED) is 0.0598. The fourth-order valence-corrected chi connectivity index (χ4v) is 7.95. The van der Waals surface area contributed by atoms with Crippen LogP contribution < -0.4 is 0 Å². The lowest BCUT2D eigenvalue weighted by Crippen LogP contribution is -2.39. The van der Waals surface area contributed by atoms with Crippen molar-refractivity contribution in [1.82, 2.24) is 9.80 Å². The summed E-state index contributed by atoms with van der Waals surface area (Å²) in [4.78, 5) is 5.46. The lowest BCUT2D eigenvalue weighted by molar-refractivity contribution is 0.135. The largest absolute Gasteiger partial charge is 0.356 e. The first-order valence-corrected chi connectivity index (χ1v) is 23.0. The SMILES string of the molecule is CCCCCCCCCCCCCCCCCCCN1C=CN(CCCCCCCCCCCC)C1CCCCCCCCCCCC. The van der Waals surface area contributed by atoms with E-state index in [1.54, 1.807) is 0 Å². The average molecular weight is 673 g/mol. The summed E-state index contributed by atoms with van der Waals surface area (Å²) in [6.07, 6.45) is 60.4. The maximum atomic E-state index is 2.73. The van der Waals surface area contributed by atoms with Crippen LogP contribution in [-0.2, 0) is 0 Å². The van der Waals surface area contributed by atoms with Crippen LogP contribution in [0.1, 0.15) is 265 Å². The zero-order valence-electron chi connectivity index (χ0n) is 33.9. The van der Waals surface area contributed by atoms with Crippen LogP contribution in [0.15, 0.2) is 12.4 Å². The van der Waals surface area contributed by atoms with Crippen molar-refractivity contribution in [2.75, 3.05) is 13.1 Å². The van der Waals surface area contributed by atoms with Gasteiger partial charge in [0.2, 0.25) is 0 Å². The number of hydrogen-bond acceptors (Lipinski definition) is 2. The molecule has 0 aliphatic carbocycles. The molecule has 286 valence electrons. The maximum absolute atomic E-state index is 2.73. The van der Waals surface area contributed by atoms with Crippen molar-refractivity contribution in [1.29, 1.82) is 0 Å². The Morgan fingerprint density at radius 3 is 0.729 bits per heavy atom. The summed E-state index contributed by atoms with van der Waals surface area (Å²) in [5.74, 6) is 0. The molecular weight excluding hydrogens is 581 g/mol. The zero-order valence-corrected chi connectivity index (χ0v) is 33.9. The van der Waals surface area contributed by atoms with Gasteiger partial charge in [-0.05, 0) is 25.7 Å². The number of hydrogen-bond donors (Lipinski definition) is 0. The smallest absolute Gasteiger partial charge is 0.101 e. The molecule has 0 aromatic carbocycles. The van der Waals surface area contributed by atoms with Gasteiger partial charge in [0.15, 0.2) is 0 Å². The van der Waals surface area contributed by atoms with E-state index in [4.69, 9.17) is 0 Å². The first-order chi connectivity index (χ1) is 23.8. The third-order valence-corrected chi connectivity index (χ3v) is 11.3. The van der Waals surface area contributed by atoms with E-state index >= 15 is 0 Å². The molecule has 1 atom stereocenters. The zero-order chi connectivity index (χ0) is 34.4. The van der Waals surface area contributed by atoms with Gasteiger partial charge in [-0.2, -0.15) is 0 Å². The minimum atomic E-state index is 0.638. The van der Waals surface area contributed by atoms with E-state index in [2.05, 4.69) is 43.0 Å². The Labute approximate surface area is 305 Å². The Balaban J connectivity index is 2.16. The molecule has 0 saturated heterocycles. The summed E-state index contributed by atoms with van der Waals surface area (Å²) >= 11 is 0. The molecule has 2 heteroatoms. The minimum absolute atomic E-state index is 0.638. The Hall–Kier alpha value is -0.660. The van der Waals surface area contributed by atoms with Gasteiger partial charge in [0.25, 0.3) is 0 Å². The van der Waals surface area contributed by atoms with Gasteiger partial charge >= 0.3 is 0 Å². The lowest BCUT2D eigenvalue weighted by Gasteiger charge is -2.33. The normalized spacial score (nSPS) is 14.6. The number of rotatable bonds is 40. The van der Waals surface area contributed by atoms with Gasteiger partial charge in [0.05, 0.1) is 0 Å². The topological polar surface area (TPSA) is 6.48 Å².